The summed E-state index contributed by atoms with van der Waals surface area (Å²) in [6.45, 7) is 6.23. The highest BCUT2D eigenvalue weighted by Gasteiger charge is 2.33. The minimum atomic E-state index is -4.42. The van der Waals surface area contributed by atoms with Crippen molar-refractivity contribution in [1.29, 1.82) is 0 Å². The predicted octanol–water partition coefficient (Wildman–Crippen LogP) is 3.49. The Morgan fingerprint density at radius 1 is 1.21 bits per heavy atom. The van der Waals surface area contributed by atoms with Gasteiger partial charge in [0.15, 0.2) is 5.96 Å². The molecule has 0 saturated carbocycles. The number of rotatable bonds is 8. The van der Waals surface area contributed by atoms with E-state index in [1.165, 1.54) is 12.3 Å². The zero-order valence-electron chi connectivity index (χ0n) is 13.9. The van der Waals surface area contributed by atoms with E-state index in [0.717, 1.165) is 32.0 Å². The first kappa shape index (κ1) is 22.7. The Hall–Kier alpha value is -1.26. The summed E-state index contributed by atoms with van der Waals surface area (Å²) < 4.78 is 38.5. The number of hydrogen-bond acceptors (Lipinski definition) is 3. The van der Waals surface area contributed by atoms with Crippen LogP contribution in [0.4, 0.5) is 19.0 Å². The molecule has 24 heavy (non-hydrogen) atoms. The summed E-state index contributed by atoms with van der Waals surface area (Å²) in [5.74, 6) is 0.509. The Morgan fingerprint density at radius 2 is 1.96 bits per heavy atom. The van der Waals surface area contributed by atoms with E-state index in [0.29, 0.717) is 19.0 Å². The van der Waals surface area contributed by atoms with Crippen molar-refractivity contribution in [3.63, 3.8) is 0 Å². The summed E-state index contributed by atoms with van der Waals surface area (Å²) >= 11 is 0. The van der Waals surface area contributed by atoms with Gasteiger partial charge < -0.3 is 16.0 Å². The van der Waals surface area contributed by atoms with Crippen LogP contribution in [0.15, 0.2) is 23.3 Å². The molecule has 0 atom stereocenters. The van der Waals surface area contributed by atoms with Gasteiger partial charge >= 0.3 is 6.18 Å². The molecule has 0 spiro atoms. The number of halogens is 4. The predicted molar refractivity (Wildman–Crippen MR) is 102 cm³/mol. The van der Waals surface area contributed by atoms with Crippen LogP contribution in [0.5, 0.6) is 0 Å². The molecule has 0 radical (unpaired) electrons. The molecule has 9 heteroatoms. The van der Waals surface area contributed by atoms with Gasteiger partial charge in [-0.1, -0.05) is 13.3 Å². The number of nitrogens with one attached hydrogen (secondary N) is 3. The zero-order chi connectivity index (χ0) is 17.1. The van der Waals surface area contributed by atoms with Gasteiger partial charge in [-0.15, -0.1) is 24.0 Å². The van der Waals surface area contributed by atoms with E-state index in [-0.39, 0.29) is 29.8 Å². The molecule has 0 aliphatic heterocycles. The van der Waals surface area contributed by atoms with Crippen molar-refractivity contribution in [2.75, 3.05) is 31.5 Å². The molecule has 0 unspecified atom stereocenters. The van der Waals surface area contributed by atoms with E-state index in [1.807, 2.05) is 6.92 Å². The maximum atomic E-state index is 12.8. The van der Waals surface area contributed by atoms with Gasteiger partial charge in [0.1, 0.15) is 5.82 Å². The summed E-state index contributed by atoms with van der Waals surface area (Å²) in [5, 5.41) is 8.87. The van der Waals surface area contributed by atoms with Gasteiger partial charge in [-0.2, -0.15) is 13.2 Å². The number of hydrogen-bond donors (Lipinski definition) is 3. The molecule has 1 aromatic heterocycles. The number of anilines is 1. The average Bonchev–Trinajstić information content (AvgIpc) is 2.51. The van der Waals surface area contributed by atoms with Gasteiger partial charge in [0.05, 0.1) is 5.56 Å². The van der Waals surface area contributed by atoms with Crippen molar-refractivity contribution in [3.8, 4) is 0 Å². The molecule has 5 nitrogen and oxygen atoms in total. The first-order chi connectivity index (χ1) is 11.0. The highest BCUT2D eigenvalue weighted by molar-refractivity contribution is 14.0. The van der Waals surface area contributed by atoms with E-state index >= 15 is 0 Å². The lowest BCUT2D eigenvalue weighted by atomic mass is 10.2. The van der Waals surface area contributed by atoms with Gasteiger partial charge in [0, 0.05) is 32.4 Å². The Kier molecular flexibility index (Phi) is 11.5. The number of aromatic nitrogens is 1. The fourth-order valence-electron chi connectivity index (χ4n) is 1.83. The summed E-state index contributed by atoms with van der Waals surface area (Å²) in [6.07, 6.45) is -1.02. The van der Waals surface area contributed by atoms with Crippen LogP contribution in [0.1, 0.15) is 32.3 Å². The second-order valence-electron chi connectivity index (χ2n) is 4.87. The van der Waals surface area contributed by atoms with Crippen molar-refractivity contribution in [2.45, 2.75) is 32.9 Å². The van der Waals surface area contributed by atoms with E-state index < -0.39 is 11.7 Å². The molecule has 0 aromatic carbocycles. The monoisotopic (exact) mass is 459 g/mol. The van der Waals surface area contributed by atoms with Crippen LogP contribution in [-0.2, 0) is 6.18 Å². The van der Waals surface area contributed by atoms with Crippen molar-refractivity contribution in [2.24, 2.45) is 4.99 Å². The molecule has 0 bridgehead atoms. The summed E-state index contributed by atoms with van der Waals surface area (Å²) in [6, 6.07) is 2.29. The molecular weight excluding hydrogens is 434 g/mol. The van der Waals surface area contributed by atoms with Crippen LogP contribution in [0.3, 0.4) is 0 Å². The molecule has 0 saturated heterocycles. The van der Waals surface area contributed by atoms with Crippen LogP contribution in [0.2, 0.25) is 0 Å². The van der Waals surface area contributed by atoms with Gasteiger partial charge in [-0.3, -0.25) is 4.99 Å². The first-order valence-electron chi connectivity index (χ1n) is 7.77. The number of nitrogens with zero attached hydrogens (tertiary/aromatic N) is 2. The molecule has 1 rings (SSSR count). The maximum Gasteiger partial charge on any atom is 0.419 e. The van der Waals surface area contributed by atoms with Crippen LogP contribution in [0, 0.1) is 0 Å². The molecule has 0 aliphatic carbocycles. The zero-order valence-corrected chi connectivity index (χ0v) is 16.2. The van der Waals surface area contributed by atoms with E-state index in [4.69, 9.17) is 0 Å². The maximum absolute atomic E-state index is 12.8. The topological polar surface area (TPSA) is 61.3 Å². The van der Waals surface area contributed by atoms with Crippen LogP contribution in [0.25, 0.3) is 0 Å². The Balaban J connectivity index is 0.00000529. The van der Waals surface area contributed by atoms with Gasteiger partial charge in [0.25, 0.3) is 0 Å². The lowest BCUT2D eigenvalue weighted by molar-refractivity contribution is -0.137. The second-order valence-corrected chi connectivity index (χ2v) is 4.87. The highest BCUT2D eigenvalue weighted by Crippen LogP contribution is 2.33. The fraction of sp³-hybridized carbons (Fsp3) is 0.600. The molecule has 0 amide bonds. The van der Waals surface area contributed by atoms with Crippen molar-refractivity contribution in [1.82, 2.24) is 15.6 Å². The molecule has 0 fully saturated rings. The summed E-state index contributed by atoms with van der Waals surface area (Å²) in [5.41, 5.74) is -0.761. The quantitative estimate of drug-likeness (QED) is 0.241. The lowest BCUT2D eigenvalue weighted by Crippen LogP contribution is -2.39. The van der Waals surface area contributed by atoms with E-state index in [1.54, 1.807) is 0 Å². The normalized spacial score (nSPS) is 11.6. The van der Waals surface area contributed by atoms with Crippen molar-refractivity contribution in [3.05, 3.63) is 23.9 Å². The summed E-state index contributed by atoms with van der Waals surface area (Å²) in [4.78, 5) is 8.13. The van der Waals surface area contributed by atoms with Crippen LogP contribution in [-0.4, -0.2) is 37.1 Å². The highest BCUT2D eigenvalue weighted by atomic mass is 127. The Labute approximate surface area is 157 Å². The molecule has 138 valence electrons. The third-order valence-corrected chi connectivity index (χ3v) is 2.95. The molecule has 0 aliphatic rings. The Morgan fingerprint density at radius 3 is 2.58 bits per heavy atom. The molecule has 3 N–H and O–H groups in total. The van der Waals surface area contributed by atoms with E-state index in [9.17, 15) is 13.2 Å². The number of pyridine rings is 1. The van der Waals surface area contributed by atoms with Gasteiger partial charge in [0.2, 0.25) is 0 Å². The SMILES string of the molecule is CCCCN=C(NCC)NCCNc1ncccc1C(F)(F)F.I. The molecule has 1 aromatic rings. The fourth-order valence-corrected chi connectivity index (χ4v) is 1.83. The Bertz CT molecular complexity index is 494. The van der Waals surface area contributed by atoms with E-state index in [2.05, 4.69) is 32.9 Å². The minimum absolute atomic E-state index is 0. The molecular formula is C15H25F3IN5. The number of alkyl halides is 3. The molecule has 1 heterocycles. The lowest BCUT2D eigenvalue weighted by Gasteiger charge is -2.14. The summed E-state index contributed by atoms with van der Waals surface area (Å²) in [7, 11) is 0. The third-order valence-electron chi connectivity index (χ3n) is 2.95. The van der Waals surface area contributed by atoms with Crippen molar-refractivity contribution < 1.29 is 13.2 Å². The van der Waals surface area contributed by atoms with Crippen molar-refractivity contribution >= 4 is 35.8 Å². The third kappa shape index (κ3) is 8.55. The number of unbranched alkanes of at least 4 members (excludes halogenated alkanes) is 1. The first-order valence-corrected chi connectivity index (χ1v) is 7.77. The smallest absolute Gasteiger partial charge is 0.368 e. The standard InChI is InChI=1S/C15H24F3N5.HI/c1-3-5-8-22-14(19-4-2)23-11-10-21-13-12(15(16,17)18)7-6-9-20-13;/h6-7,9H,3-5,8,10-11H2,1-2H3,(H,20,21)(H2,19,22,23);1H. The average molecular weight is 459 g/mol. The minimum Gasteiger partial charge on any atom is -0.368 e. The largest absolute Gasteiger partial charge is 0.419 e. The number of aliphatic imine (C=N–C) groups is 1. The van der Waals surface area contributed by atoms with Crippen LogP contribution >= 0.6 is 24.0 Å². The van der Waals surface area contributed by atoms with Crippen LogP contribution < -0.4 is 16.0 Å². The second kappa shape index (κ2) is 12.2. The number of guanidine groups is 1. The van der Waals surface area contributed by atoms with Gasteiger partial charge in [-0.05, 0) is 25.5 Å². The van der Waals surface area contributed by atoms with Gasteiger partial charge in [-0.25, -0.2) is 4.98 Å².